The van der Waals surface area contributed by atoms with Gasteiger partial charge in [0.1, 0.15) is 17.5 Å². The summed E-state index contributed by atoms with van der Waals surface area (Å²) in [6.45, 7) is 1.68. The number of rotatable bonds is 1. The zero-order valence-corrected chi connectivity index (χ0v) is 7.44. The average molecular weight is 175 g/mol. The maximum atomic E-state index is 8.76. The van der Waals surface area contributed by atoms with Crippen molar-refractivity contribution in [2.45, 2.75) is 12.8 Å². The molecule has 0 aromatic carbocycles. The number of nitrogen functional groups attached to an aromatic ring is 1. The second-order valence-corrected chi connectivity index (χ2v) is 2.73. The van der Waals surface area contributed by atoms with E-state index in [0.29, 0.717) is 17.1 Å². The van der Waals surface area contributed by atoms with Crippen molar-refractivity contribution in [1.29, 1.82) is 10.5 Å². The Morgan fingerprint density at radius 2 is 2.15 bits per heavy atom. The number of nitrogens with zero attached hydrogens (tertiary/aromatic N) is 4. The van der Waals surface area contributed by atoms with Gasteiger partial charge in [-0.3, -0.25) is 4.68 Å². The van der Waals surface area contributed by atoms with E-state index in [4.69, 9.17) is 16.3 Å². The van der Waals surface area contributed by atoms with Gasteiger partial charge in [0.2, 0.25) is 0 Å². The van der Waals surface area contributed by atoms with E-state index in [1.807, 2.05) is 12.1 Å². The highest BCUT2D eigenvalue weighted by molar-refractivity contribution is 5.53. The van der Waals surface area contributed by atoms with Gasteiger partial charge in [-0.15, -0.1) is 0 Å². The Balaban J connectivity index is 3.33. The standard InChI is InChI=1S/C8H9N5/c1-5(3-9)7-6(4-10)8(11)13(2)12-7/h5H,11H2,1-2H3. The van der Waals surface area contributed by atoms with Crippen LogP contribution in [0.2, 0.25) is 0 Å². The summed E-state index contributed by atoms with van der Waals surface area (Å²) in [6, 6.07) is 3.95. The number of anilines is 1. The van der Waals surface area contributed by atoms with Crippen molar-refractivity contribution in [3.8, 4) is 12.1 Å². The van der Waals surface area contributed by atoms with Crippen LogP contribution in [0.4, 0.5) is 5.82 Å². The number of aryl methyl sites for hydroxylation is 1. The number of hydrogen-bond acceptors (Lipinski definition) is 4. The molecule has 0 fully saturated rings. The minimum Gasteiger partial charge on any atom is -0.383 e. The maximum absolute atomic E-state index is 8.76. The fourth-order valence-electron chi connectivity index (χ4n) is 1.04. The van der Waals surface area contributed by atoms with E-state index in [2.05, 4.69) is 5.10 Å². The van der Waals surface area contributed by atoms with E-state index in [9.17, 15) is 0 Å². The van der Waals surface area contributed by atoms with E-state index in [1.54, 1.807) is 14.0 Å². The highest BCUT2D eigenvalue weighted by Crippen LogP contribution is 2.21. The van der Waals surface area contributed by atoms with Gasteiger partial charge in [0, 0.05) is 7.05 Å². The molecule has 0 bridgehead atoms. The van der Waals surface area contributed by atoms with Crippen LogP contribution in [0.3, 0.4) is 0 Å². The first-order valence-corrected chi connectivity index (χ1v) is 3.74. The van der Waals surface area contributed by atoms with Crippen LogP contribution in [-0.4, -0.2) is 9.78 Å². The first-order chi connectivity index (χ1) is 6.11. The van der Waals surface area contributed by atoms with Crippen molar-refractivity contribution in [2.75, 3.05) is 5.73 Å². The molecule has 0 amide bonds. The summed E-state index contributed by atoms with van der Waals surface area (Å²) in [5.41, 5.74) is 6.33. The molecule has 5 nitrogen and oxygen atoms in total. The lowest BCUT2D eigenvalue weighted by Gasteiger charge is -1.94. The Morgan fingerprint density at radius 3 is 2.62 bits per heavy atom. The molecule has 2 N–H and O–H groups in total. The summed E-state index contributed by atoms with van der Waals surface area (Å²) < 4.78 is 1.40. The van der Waals surface area contributed by atoms with Gasteiger partial charge in [0.15, 0.2) is 0 Å². The zero-order chi connectivity index (χ0) is 10.0. The lowest BCUT2D eigenvalue weighted by Crippen LogP contribution is -1.98. The van der Waals surface area contributed by atoms with E-state index in [0.717, 1.165) is 0 Å². The molecule has 0 saturated carbocycles. The Morgan fingerprint density at radius 1 is 1.54 bits per heavy atom. The van der Waals surface area contributed by atoms with Gasteiger partial charge in [-0.05, 0) is 6.92 Å². The topological polar surface area (TPSA) is 91.4 Å². The van der Waals surface area contributed by atoms with Crippen LogP contribution < -0.4 is 5.73 Å². The zero-order valence-electron chi connectivity index (χ0n) is 7.44. The lowest BCUT2D eigenvalue weighted by molar-refractivity contribution is 0.741. The van der Waals surface area contributed by atoms with Crippen LogP contribution >= 0.6 is 0 Å². The van der Waals surface area contributed by atoms with E-state index >= 15 is 0 Å². The lowest BCUT2D eigenvalue weighted by atomic mass is 10.1. The molecule has 0 radical (unpaired) electrons. The van der Waals surface area contributed by atoms with Crippen LogP contribution in [0.5, 0.6) is 0 Å². The van der Waals surface area contributed by atoms with Gasteiger partial charge in [-0.25, -0.2) is 0 Å². The Labute approximate surface area is 76.0 Å². The molecule has 0 saturated heterocycles. The van der Waals surface area contributed by atoms with E-state index < -0.39 is 5.92 Å². The molecular formula is C8H9N5. The third-order valence-electron chi connectivity index (χ3n) is 1.83. The second-order valence-electron chi connectivity index (χ2n) is 2.73. The predicted octanol–water partition coefficient (Wildman–Crippen LogP) is 0.501. The molecule has 1 aromatic rings. The second kappa shape index (κ2) is 3.16. The first kappa shape index (κ1) is 9.08. The molecule has 1 aromatic heterocycles. The molecule has 5 heteroatoms. The molecule has 1 unspecified atom stereocenters. The van der Waals surface area contributed by atoms with Crippen LogP contribution in [0, 0.1) is 22.7 Å². The molecule has 1 atom stereocenters. The Hall–Kier alpha value is -2.01. The summed E-state index contributed by atoms with van der Waals surface area (Å²) in [5, 5.41) is 21.4. The maximum Gasteiger partial charge on any atom is 0.139 e. The molecule has 66 valence electrons. The molecule has 1 heterocycles. The Kier molecular flexibility index (Phi) is 2.21. The summed E-state index contributed by atoms with van der Waals surface area (Å²) in [6.07, 6.45) is 0. The SMILES string of the molecule is CC(C#N)c1nn(C)c(N)c1C#N. The molecular weight excluding hydrogens is 166 g/mol. The van der Waals surface area contributed by atoms with Crippen molar-refractivity contribution < 1.29 is 0 Å². The first-order valence-electron chi connectivity index (χ1n) is 3.74. The molecule has 0 spiro atoms. The van der Waals surface area contributed by atoms with Crippen molar-refractivity contribution in [1.82, 2.24) is 9.78 Å². The van der Waals surface area contributed by atoms with Crippen LogP contribution in [0.15, 0.2) is 0 Å². The largest absolute Gasteiger partial charge is 0.383 e. The molecule has 13 heavy (non-hydrogen) atoms. The summed E-state index contributed by atoms with van der Waals surface area (Å²) in [7, 11) is 1.64. The minimum absolute atomic E-state index is 0.302. The summed E-state index contributed by atoms with van der Waals surface area (Å²) in [5.74, 6) is -0.0993. The number of nitrogens with two attached hydrogens (primary N) is 1. The predicted molar refractivity (Wildman–Crippen MR) is 46.4 cm³/mol. The van der Waals surface area contributed by atoms with Gasteiger partial charge in [-0.1, -0.05) is 0 Å². The third-order valence-corrected chi connectivity index (χ3v) is 1.83. The van der Waals surface area contributed by atoms with Gasteiger partial charge in [0.25, 0.3) is 0 Å². The monoisotopic (exact) mass is 175 g/mol. The highest BCUT2D eigenvalue weighted by atomic mass is 15.3. The number of nitriles is 2. The number of hydrogen-bond donors (Lipinski definition) is 1. The smallest absolute Gasteiger partial charge is 0.139 e. The van der Waals surface area contributed by atoms with Crippen LogP contribution in [0.1, 0.15) is 24.1 Å². The normalized spacial score (nSPS) is 11.7. The van der Waals surface area contributed by atoms with Crippen molar-refractivity contribution in [2.24, 2.45) is 7.05 Å². The molecule has 0 aliphatic heterocycles. The van der Waals surface area contributed by atoms with E-state index in [-0.39, 0.29) is 0 Å². The van der Waals surface area contributed by atoms with E-state index in [1.165, 1.54) is 4.68 Å². The third kappa shape index (κ3) is 1.32. The summed E-state index contributed by atoms with van der Waals surface area (Å²) in [4.78, 5) is 0. The Bertz CT molecular complexity index is 403. The molecule has 1 rings (SSSR count). The average Bonchev–Trinajstić information content (AvgIpc) is 2.42. The van der Waals surface area contributed by atoms with Gasteiger partial charge in [-0.2, -0.15) is 15.6 Å². The fourth-order valence-corrected chi connectivity index (χ4v) is 1.04. The van der Waals surface area contributed by atoms with Crippen molar-refractivity contribution in [3.05, 3.63) is 11.3 Å². The highest BCUT2D eigenvalue weighted by Gasteiger charge is 2.18. The number of aromatic nitrogens is 2. The molecule has 0 aliphatic rings. The quantitative estimate of drug-likeness (QED) is 0.672. The summed E-state index contributed by atoms with van der Waals surface area (Å²) >= 11 is 0. The minimum atomic E-state index is -0.404. The van der Waals surface area contributed by atoms with Crippen molar-refractivity contribution in [3.63, 3.8) is 0 Å². The van der Waals surface area contributed by atoms with Gasteiger partial charge in [0.05, 0.1) is 17.7 Å². The van der Waals surface area contributed by atoms with Crippen LogP contribution in [-0.2, 0) is 7.05 Å². The fraction of sp³-hybridized carbons (Fsp3) is 0.375. The molecule has 0 aliphatic carbocycles. The van der Waals surface area contributed by atoms with Crippen molar-refractivity contribution >= 4 is 5.82 Å². The van der Waals surface area contributed by atoms with Crippen LogP contribution in [0.25, 0.3) is 0 Å². The van der Waals surface area contributed by atoms with Gasteiger partial charge < -0.3 is 5.73 Å². The van der Waals surface area contributed by atoms with Gasteiger partial charge >= 0.3 is 0 Å².